The number of amides is 1. The zero-order valence-corrected chi connectivity index (χ0v) is 10.6. The van der Waals surface area contributed by atoms with Crippen molar-refractivity contribution in [1.29, 1.82) is 0 Å². The molecule has 0 aliphatic carbocycles. The van der Waals surface area contributed by atoms with Gasteiger partial charge >= 0.3 is 18.1 Å². The Morgan fingerprint density at radius 1 is 1.35 bits per heavy atom. The van der Waals surface area contributed by atoms with E-state index in [0.29, 0.717) is 17.0 Å². The minimum atomic E-state index is -5.04. The standard InChI is InChI=1S/C10H6F3N3O3S/c1-3-2-4(7(17)18)5-6(14-3)15-9(20-5)16-8(19)10(11,12)13/h2H,1H3,(H,17,18)(H,14,15,16,19). The fourth-order valence-corrected chi connectivity index (χ4v) is 2.33. The number of carbonyl (C=O) groups is 2. The molecular weight excluding hydrogens is 299 g/mol. The second kappa shape index (κ2) is 4.71. The van der Waals surface area contributed by atoms with E-state index in [0.717, 1.165) is 0 Å². The molecule has 2 aromatic heterocycles. The van der Waals surface area contributed by atoms with Gasteiger partial charge in [0.2, 0.25) is 0 Å². The Morgan fingerprint density at radius 2 is 2.00 bits per heavy atom. The van der Waals surface area contributed by atoms with Gasteiger partial charge in [0.15, 0.2) is 10.8 Å². The summed E-state index contributed by atoms with van der Waals surface area (Å²) in [5.41, 5.74) is 0.205. The number of aromatic nitrogens is 2. The summed E-state index contributed by atoms with van der Waals surface area (Å²) in [5, 5.41) is 10.2. The van der Waals surface area contributed by atoms with Crippen LogP contribution in [0.3, 0.4) is 0 Å². The molecule has 1 amide bonds. The summed E-state index contributed by atoms with van der Waals surface area (Å²) in [6, 6.07) is 1.28. The number of rotatable bonds is 2. The Balaban J connectivity index is 2.46. The number of alkyl halides is 3. The van der Waals surface area contributed by atoms with E-state index in [1.165, 1.54) is 13.0 Å². The van der Waals surface area contributed by atoms with Gasteiger partial charge in [-0.1, -0.05) is 11.3 Å². The van der Waals surface area contributed by atoms with Crippen LogP contribution in [0.1, 0.15) is 16.1 Å². The van der Waals surface area contributed by atoms with E-state index in [-0.39, 0.29) is 21.0 Å². The van der Waals surface area contributed by atoms with E-state index in [1.807, 2.05) is 0 Å². The van der Waals surface area contributed by atoms with Gasteiger partial charge in [-0.15, -0.1) is 0 Å². The number of anilines is 1. The van der Waals surface area contributed by atoms with Gasteiger partial charge in [0.25, 0.3) is 0 Å². The Hall–Kier alpha value is -2.23. The molecule has 0 atom stereocenters. The van der Waals surface area contributed by atoms with E-state index >= 15 is 0 Å². The predicted molar refractivity (Wildman–Crippen MR) is 63.8 cm³/mol. The van der Waals surface area contributed by atoms with Crippen molar-refractivity contribution in [1.82, 2.24) is 9.97 Å². The molecule has 10 heteroatoms. The van der Waals surface area contributed by atoms with Gasteiger partial charge in [0.1, 0.15) is 0 Å². The summed E-state index contributed by atoms with van der Waals surface area (Å²) in [5.74, 6) is -3.43. The molecule has 6 nitrogen and oxygen atoms in total. The first kappa shape index (κ1) is 14.2. The molecule has 2 aromatic rings. The maximum Gasteiger partial charge on any atom is 0.471 e. The van der Waals surface area contributed by atoms with Gasteiger partial charge < -0.3 is 5.11 Å². The number of pyridine rings is 1. The fraction of sp³-hybridized carbons (Fsp3) is 0.200. The number of carboxylic acids is 1. The number of carbonyl (C=O) groups excluding carboxylic acids is 1. The molecule has 0 unspecified atom stereocenters. The van der Waals surface area contributed by atoms with Crippen molar-refractivity contribution in [2.45, 2.75) is 13.1 Å². The monoisotopic (exact) mass is 305 g/mol. The highest BCUT2D eigenvalue weighted by molar-refractivity contribution is 7.22. The lowest BCUT2D eigenvalue weighted by molar-refractivity contribution is -0.167. The minimum absolute atomic E-state index is 0.0233. The number of hydrogen-bond acceptors (Lipinski definition) is 5. The number of thiazole rings is 1. The van der Waals surface area contributed by atoms with Crippen molar-refractivity contribution in [2.24, 2.45) is 0 Å². The topological polar surface area (TPSA) is 92.2 Å². The number of hydrogen-bond donors (Lipinski definition) is 2. The third kappa shape index (κ3) is 2.69. The average molecular weight is 305 g/mol. The van der Waals surface area contributed by atoms with E-state index < -0.39 is 18.1 Å². The van der Waals surface area contributed by atoms with Crippen molar-refractivity contribution >= 4 is 38.7 Å². The highest BCUT2D eigenvalue weighted by atomic mass is 32.1. The molecule has 0 bridgehead atoms. The number of aromatic carboxylic acids is 1. The molecule has 0 spiro atoms. The maximum atomic E-state index is 12.1. The summed E-state index contributed by atoms with van der Waals surface area (Å²) in [6.07, 6.45) is -5.04. The van der Waals surface area contributed by atoms with Gasteiger partial charge in [0.05, 0.1) is 10.3 Å². The van der Waals surface area contributed by atoms with Crippen molar-refractivity contribution in [3.05, 3.63) is 17.3 Å². The number of nitrogens with one attached hydrogen (secondary N) is 1. The normalized spacial score (nSPS) is 11.6. The van der Waals surface area contributed by atoms with Crippen LogP contribution in [0.2, 0.25) is 0 Å². The van der Waals surface area contributed by atoms with Crippen LogP contribution in [-0.2, 0) is 4.79 Å². The van der Waals surface area contributed by atoms with Gasteiger partial charge in [-0.3, -0.25) is 10.1 Å². The number of nitrogens with zero attached hydrogens (tertiary/aromatic N) is 2. The molecule has 0 aromatic carbocycles. The summed E-state index contributed by atoms with van der Waals surface area (Å²) >= 11 is 0.619. The Morgan fingerprint density at radius 3 is 2.55 bits per heavy atom. The average Bonchev–Trinajstić information content (AvgIpc) is 2.68. The number of fused-ring (bicyclic) bond motifs is 1. The lowest BCUT2D eigenvalue weighted by atomic mass is 10.2. The summed E-state index contributed by atoms with van der Waals surface area (Å²) in [6.45, 7) is 1.53. The number of halogens is 3. The third-order valence-corrected chi connectivity index (χ3v) is 3.19. The van der Waals surface area contributed by atoms with Gasteiger partial charge in [-0.25, -0.2) is 9.78 Å². The number of carboxylic acid groups (broad SMARTS) is 1. The van der Waals surface area contributed by atoms with E-state index in [2.05, 4.69) is 9.97 Å². The first-order valence-corrected chi connectivity index (χ1v) is 5.90. The zero-order valence-electron chi connectivity index (χ0n) is 9.78. The molecule has 0 saturated carbocycles. The third-order valence-electron chi connectivity index (χ3n) is 2.20. The van der Waals surface area contributed by atoms with Crippen molar-refractivity contribution < 1.29 is 27.9 Å². The Labute approximate surface area is 113 Å². The Bertz CT molecular complexity index is 711. The molecule has 106 valence electrons. The fourth-order valence-electron chi connectivity index (χ4n) is 1.42. The molecule has 0 radical (unpaired) electrons. The van der Waals surface area contributed by atoms with Gasteiger partial charge in [0, 0.05) is 5.69 Å². The van der Waals surface area contributed by atoms with Gasteiger partial charge in [-0.2, -0.15) is 18.2 Å². The predicted octanol–water partition coefficient (Wildman–Crippen LogP) is 2.20. The van der Waals surface area contributed by atoms with Crippen LogP contribution in [0.5, 0.6) is 0 Å². The minimum Gasteiger partial charge on any atom is -0.478 e. The molecule has 0 aliphatic rings. The molecule has 0 aliphatic heterocycles. The van der Waals surface area contributed by atoms with Crippen LogP contribution in [0.25, 0.3) is 10.3 Å². The summed E-state index contributed by atoms with van der Waals surface area (Å²) in [7, 11) is 0. The smallest absolute Gasteiger partial charge is 0.471 e. The summed E-state index contributed by atoms with van der Waals surface area (Å²) in [4.78, 5) is 29.4. The highest BCUT2D eigenvalue weighted by Crippen LogP contribution is 2.29. The van der Waals surface area contributed by atoms with E-state index in [1.54, 1.807) is 5.32 Å². The lowest BCUT2D eigenvalue weighted by Crippen LogP contribution is -2.29. The molecule has 2 N–H and O–H groups in total. The van der Waals surface area contributed by atoms with Crippen LogP contribution in [-0.4, -0.2) is 33.1 Å². The first-order chi connectivity index (χ1) is 9.18. The van der Waals surface area contributed by atoms with Gasteiger partial charge in [-0.05, 0) is 13.0 Å². The largest absolute Gasteiger partial charge is 0.478 e. The molecule has 2 heterocycles. The number of aryl methyl sites for hydroxylation is 1. The highest BCUT2D eigenvalue weighted by Gasteiger charge is 2.39. The van der Waals surface area contributed by atoms with Crippen molar-refractivity contribution in [3.63, 3.8) is 0 Å². The molecular formula is C10H6F3N3O3S. The quantitative estimate of drug-likeness (QED) is 0.887. The van der Waals surface area contributed by atoms with Crippen LogP contribution in [0.15, 0.2) is 6.07 Å². The van der Waals surface area contributed by atoms with Crippen LogP contribution in [0, 0.1) is 6.92 Å². The zero-order chi connectivity index (χ0) is 15.1. The lowest BCUT2D eigenvalue weighted by Gasteiger charge is -2.03. The van der Waals surface area contributed by atoms with Crippen molar-refractivity contribution in [2.75, 3.05) is 5.32 Å². The van der Waals surface area contributed by atoms with Crippen LogP contribution >= 0.6 is 11.3 Å². The molecule has 0 fully saturated rings. The SMILES string of the molecule is Cc1cc(C(=O)O)c2sc(NC(=O)C(F)(F)F)nc2n1. The second-order valence-corrected chi connectivity index (χ2v) is 4.74. The Kier molecular flexibility index (Phi) is 3.34. The summed E-state index contributed by atoms with van der Waals surface area (Å²) < 4.78 is 36.4. The van der Waals surface area contributed by atoms with E-state index in [9.17, 15) is 22.8 Å². The molecule has 2 rings (SSSR count). The molecule has 0 saturated heterocycles. The maximum absolute atomic E-state index is 12.1. The van der Waals surface area contributed by atoms with Crippen LogP contribution < -0.4 is 5.32 Å². The molecule has 20 heavy (non-hydrogen) atoms. The van der Waals surface area contributed by atoms with E-state index in [4.69, 9.17) is 5.11 Å². The van der Waals surface area contributed by atoms with Crippen molar-refractivity contribution in [3.8, 4) is 0 Å². The second-order valence-electron chi connectivity index (χ2n) is 3.74. The van der Waals surface area contributed by atoms with Crippen LogP contribution in [0.4, 0.5) is 18.3 Å². The first-order valence-electron chi connectivity index (χ1n) is 5.08.